The van der Waals surface area contributed by atoms with E-state index < -0.39 is 125 Å². The van der Waals surface area contributed by atoms with Crippen molar-refractivity contribution in [3.05, 3.63) is 76.5 Å². The molecule has 15 unspecified atom stereocenters. The molecule has 3 fully saturated rings. The number of aliphatic hydroxyl groups excluding tert-OH is 6. The Labute approximate surface area is 866 Å². The molecule has 6 aliphatic rings. The molecule has 3 amide bonds. The van der Waals surface area contributed by atoms with Crippen LogP contribution in [0, 0.1) is 18.3 Å². The predicted octanol–water partition coefficient (Wildman–Crippen LogP) is 5.49. The number of carbonyl (C=O) groups is 9. The first-order valence-corrected chi connectivity index (χ1v) is 52.1. The van der Waals surface area contributed by atoms with Gasteiger partial charge in [-0.25, -0.2) is 4.79 Å². The van der Waals surface area contributed by atoms with E-state index in [-0.39, 0.29) is 159 Å². The lowest BCUT2D eigenvalue weighted by atomic mass is 9.47. The third-order valence-electron chi connectivity index (χ3n) is 27.6. The molecule has 19 atom stereocenters. The van der Waals surface area contributed by atoms with Crippen LogP contribution in [0.5, 0.6) is 0 Å². The number of piperidine rings is 1. The van der Waals surface area contributed by atoms with E-state index in [0.717, 1.165) is 67.6 Å². The molecule has 6 heterocycles. The Hall–Kier alpha value is -8.03. The third-order valence-corrected chi connectivity index (χ3v) is 28.1. The van der Waals surface area contributed by atoms with Crippen molar-refractivity contribution in [1.82, 2.24) is 30.7 Å². The van der Waals surface area contributed by atoms with Gasteiger partial charge < -0.3 is 143 Å². The molecule has 146 heavy (non-hydrogen) atoms. The van der Waals surface area contributed by atoms with Gasteiger partial charge in [0.15, 0.2) is 36.5 Å². The first kappa shape index (κ1) is 128. The number of para-hydroxylation sites is 1. The number of hydrogen-bond donors (Lipinski definition) is 13. The minimum absolute atomic E-state index is 0.0183. The zero-order valence-corrected chi connectivity index (χ0v) is 89.4. The number of aromatic nitrogens is 1. The number of Topliss-reactive ketones (excluding diaryl/α,β-unsaturated/α-hetero) is 1. The number of aliphatic carboxylic acids is 1. The van der Waals surface area contributed by atoms with Gasteiger partial charge in [-0.3, -0.25) is 48.2 Å². The van der Waals surface area contributed by atoms with E-state index in [2.05, 4.69) is 128 Å². The van der Waals surface area contributed by atoms with E-state index in [1.165, 1.54) is 57.6 Å². The maximum atomic E-state index is 15.2. The number of hydrogen-bond acceptors (Lipinski definition) is 37. The second-order valence-corrected chi connectivity index (χ2v) is 38.1. The number of benzene rings is 2. The minimum atomic E-state index is -2.17. The Morgan fingerprint density at radius 2 is 1.10 bits per heavy atom. The van der Waals surface area contributed by atoms with Crippen molar-refractivity contribution in [3.8, 4) is 0 Å². The lowest BCUT2D eigenvalue weighted by molar-refractivity contribution is -0.202. The highest BCUT2D eigenvalue weighted by atomic mass is 79.9. The van der Waals surface area contributed by atoms with Crippen LogP contribution >= 0.6 is 15.9 Å². The minimum Gasteiger partial charge on any atom is -0.481 e. The fourth-order valence-electron chi connectivity index (χ4n) is 19.9. The number of ketones is 1. The Bertz CT molecular complexity index is 4440. The molecule has 2 bridgehead atoms. The Morgan fingerprint density at radius 3 is 1.61 bits per heavy atom. The zero-order chi connectivity index (χ0) is 108. The number of rotatable bonds is 63. The van der Waals surface area contributed by atoms with Crippen LogP contribution in [0.2, 0.25) is 0 Å². The number of carboxylic acid groups (broad SMARTS) is 1. The number of H-pyrrole nitrogens is 1. The second kappa shape index (κ2) is 67.3. The number of aryl methyl sites for hydroxylation is 1. The maximum absolute atomic E-state index is 15.2. The maximum Gasteiger partial charge on any atom is 0.373 e. The number of ether oxygens (including phenoxy) is 15. The van der Waals surface area contributed by atoms with Gasteiger partial charge in [-0.05, 0) is 164 Å². The van der Waals surface area contributed by atoms with Gasteiger partial charge in [0, 0.05) is 158 Å². The van der Waals surface area contributed by atoms with Crippen molar-refractivity contribution in [1.29, 1.82) is 0 Å². The van der Waals surface area contributed by atoms with Gasteiger partial charge in [0.2, 0.25) is 17.7 Å². The summed E-state index contributed by atoms with van der Waals surface area (Å²) in [7, 11) is 7.65. The molecule has 2 aromatic carbocycles. The summed E-state index contributed by atoms with van der Waals surface area (Å²) >= 11 is 3.08. The van der Waals surface area contributed by atoms with Crippen LogP contribution in [0.25, 0.3) is 10.9 Å². The fraction of sp³-hybridized carbons (Fsp3) is 0.748. The van der Waals surface area contributed by atoms with Gasteiger partial charge >= 0.3 is 36.0 Å². The molecule has 13 N–H and O–H groups in total. The normalized spacial score (nSPS) is 23.3. The highest BCUT2D eigenvalue weighted by Crippen LogP contribution is 2.67. The molecule has 42 nitrogen and oxygen atoms in total. The summed E-state index contributed by atoms with van der Waals surface area (Å²) in [5, 5.41) is 101. The number of unbranched alkanes of at least 4 members (excludes halogenated alkanes) is 1. The van der Waals surface area contributed by atoms with Crippen molar-refractivity contribution < 1.29 is 170 Å². The number of esters is 4. The number of aliphatic hydroxyl groups is 8. The van der Waals surface area contributed by atoms with Crippen molar-refractivity contribution in [3.63, 3.8) is 0 Å². The number of aromatic amines is 1. The van der Waals surface area contributed by atoms with Gasteiger partial charge in [-0.2, -0.15) is 9.59 Å². The summed E-state index contributed by atoms with van der Waals surface area (Å²) < 4.78 is 78.3. The van der Waals surface area contributed by atoms with Crippen molar-refractivity contribution in [2.75, 3.05) is 191 Å². The quantitative estimate of drug-likeness (QED) is 0.00829. The standard InChI is InChI=1S/C61H87N5O12.C23H43BrN2O10.C11H20O7.C7H16O4.CO2/c1-9-41(35-67)78-51(75-8)36-77-50(70)22-16-21-49(69)62-39(5)53(71)76-29-15-14-20-48(68)61(74)55-60(25-28-66-26-17-24-59(11-3,54(60)66)56(61)72)45-31-44(38(4)30-47(45)64(55)7)57(6)32-40-33-58(73,10-2)37-65(34-40)27-23-43-42-18-12-13-19-46(42)63-52(43)57;1-3-19(17-27)36-23(31-2)18-35-22(30)7-6-20(28)25-8-4-10-32-12-14-34-15-13-33-11-5-9-26-21(29)16-24;1-3-8(6-12)18-11(16-2)7-17-10(15)5-4-9(13)14;1-3-6(4-8)11-7(5-9)10-2;2-1-3/h12-13,17-19,24,30-31,39-41,51,54-56,63,67,72-74H,9-11,14-16,20-23,25-29,32-37H2,1-8H3,(H,62,69);19,23,27H,3-18H2,1-2H3,(H,25,28)(H,26,29);8,11-12H,3-7H2,1-2H3,(H,13,14);6-9H,3-5H2,1-2H3;/t39?,40?,41?,51?,54?,55?,56-,57-,58?,59-,60?,61+;;;;/m1..../s1. The van der Waals surface area contributed by atoms with Gasteiger partial charge in [-0.15, -0.1) is 0 Å². The smallest absolute Gasteiger partial charge is 0.373 e. The number of amides is 3. The number of nitrogens with zero attached hydrogens (tertiary/aromatic N) is 3. The summed E-state index contributed by atoms with van der Waals surface area (Å²) in [5.41, 5.74) is 2.93. The number of nitrogens with one attached hydrogen (secondary N) is 4. The summed E-state index contributed by atoms with van der Waals surface area (Å²) in [6, 6.07) is 11.4. The molecule has 1 aliphatic carbocycles. The lowest BCUT2D eigenvalue weighted by Gasteiger charge is -2.63. The molecular formula is C103H166BrN7O35. The summed E-state index contributed by atoms with van der Waals surface area (Å²) in [6.45, 7) is 24.4. The van der Waals surface area contributed by atoms with E-state index in [9.17, 15) is 58.8 Å². The molecule has 9 rings (SSSR count). The summed E-state index contributed by atoms with van der Waals surface area (Å²) in [6.07, 6.45) is 6.90. The first-order valence-electron chi connectivity index (χ1n) is 51.0. The second-order valence-electron chi connectivity index (χ2n) is 37.5. The topological polar surface area (TPSA) is 570 Å². The highest BCUT2D eigenvalue weighted by molar-refractivity contribution is 9.09. The number of carbonyl (C=O) groups excluding carboxylic acids is 10. The zero-order valence-electron chi connectivity index (χ0n) is 87.8. The van der Waals surface area contributed by atoms with Gasteiger partial charge in [0.1, 0.15) is 32.0 Å². The Balaban J connectivity index is 0.000000451. The van der Waals surface area contributed by atoms with Crippen LogP contribution in [-0.4, -0.2) is 391 Å². The number of anilines is 1. The van der Waals surface area contributed by atoms with Crippen LogP contribution in [-0.2, 0) is 141 Å². The average molecular weight is 2140 g/mol. The van der Waals surface area contributed by atoms with Gasteiger partial charge in [-0.1, -0.05) is 93.9 Å². The van der Waals surface area contributed by atoms with E-state index in [4.69, 9.17) is 106 Å². The molecular weight excluding hydrogens is 1980 g/mol. The van der Waals surface area contributed by atoms with E-state index in [1.54, 1.807) is 0 Å². The number of methoxy groups -OCH3 is 4. The Kier molecular flexibility index (Phi) is 59.2. The number of fused-ring (bicyclic) bond motifs is 6. The van der Waals surface area contributed by atoms with Crippen LogP contribution < -0.4 is 20.9 Å². The van der Waals surface area contributed by atoms with Crippen LogP contribution in [0.4, 0.5) is 5.69 Å². The van der Waals surface area contributed by atoms with E-state index in [0.29, 0.717) is 129 Å². The predicted molar refractivity (Wildman–Crippen MR) is 537 cm³/mol. The van der Waals surface area contributed by atoms with Crippen LogP contribution in [0.1, 0.15) is 218 Å². The molecule has 0 radical (unpaired) electrons. The molecule has 43 heteroatoms. The highest BCUT2D eigenvalue weighted by Gasteiger charge is 2.78. The number of alkyl halides is 1. The summed E-state index contributed by atoms with van der Waals surface area (Å²) in [5.74, 6) is -4.33. The third kappa shape index (κ3) is 38.1. The van der Waals surface area contributed by atoms with Crippen LogP contribution in [0.15, 0.2) is 48.6 Å². The van der Waals surface area contributed by atoms with Crippen molar-refractivity contribution >= 4 is 92.0 Å². The van der Waals surface area contributed by atoms with Crippen molar-refractivity contribution in [2.45, 2.75) is 299 Å². The molecule has 1 saturated carbocycles. The monoisotopic (exact) mass is 2140 g/mol. The molecule has 1 spiro atoms. The van der Waals surface area contributed by atoms with Crippen molar-refractivity contribution in [2.24, 2.45) is 11.3 Å². The molecule has 1 aromatic heterocycles. The molecule has 5 aliphatic heterocycles. The number of likely N-dealkylation sites (N-methyl/N-ethyl adjacent to an activating group) is 1. The number of halogens is 1. The molecule has 3 aromatic rings. The van der Waals surface area contributed by atoms with E-state index in [1.807, 2.05) is 34.7 Å². The Morgan fingerprint density at radius 1 is 0.582 bits per heavy atom. The average Bonchev–Trinajstić information content (AvgIpc) is 1.47. The first-order chi connectivity index (χ1) is 69.9. The molecule has 2 saturated heterocycles. The fourth-order valence-corrected chi connectivity index (χ4v) is 20.1. The largest absolute Gasteiger partial charge is 0.481 e. The van der Waals surface area contributed by atoms with Crippen LogP contribution in [0.3, 0.4) is 0 Å². The van der Waals surface area contributed by atoms with E-state index >= 15 is 4.79 Å². The summed E-state index contributed by atoms with van der Waals surface area (Å²) in [4.78, 5) is 137. The number of carboxylic acids is 1. The van der Waals surface area contributed by atoms with Gasteiger partial charge in [0.25, 0.3) is 0 Å². The SMILES string of the molecule is CCC(CO)OC(CO)OC.CCC(CO)OC(COC(=O)CCC(=O)NCCCOCCOCCOCCCNC(=O)CBr)OC.CCC(CO)OC(COC(=O)CCC(=O)O)OC.CCC(CO)OC(COC(=O)CCCC(=O)NC(C)C(=O)OCCCCC(=O)[C@]1(O)C2N(C)c3cc(C)c([C@@]4(C)CC5CN(CCc6c4[nH]c4ccccc64)CC(O)(CC)C5)cc3C23CCN2CC=C[C@](CC)(C23)[C@H]1O)OC.O=C=O. The molecule has 830 valence electrons. The lowest BCUT2D eigenvalue weighted by Crippen LogP contribution is -2.80. The van der Waals surface area contributed by atoms with Gasteiger partial charge in [0.05, 0.1) is 127 Å².